The minimum atomic E-state index is -1.23. The first kappa shape index (κ1) is 17.2. The summed E-state index contributed by atoms with van der Waals surface area (Å²) in [5.41, 5.74) is 3.99. The second kappa shape index (κ2) is 6.34. The van der Waals surface area contributed by atoms with E-state index in [1.165, 1.54) is 0 Å². The highest BCUT2D eigenvalue weighted by molar-refractivity contribution is 5.72. The normalized spacial score (nSPS) is 24.5. The summed E-state index contributed by atoms with van der Waals surface area (Å²) >= 11 is 0. The van der Waals surface area contributed by atoms with Gasteiger partial charge in [-0.05, 0) is 0 Å². The second-order valence-electron chi connectivity index (χ2n) is 5.68. The van der Waals surface area contributed by atoms with Gasteiger partial charge in [0.25, 0.3) is 5.56 Å². The van der Waals surface area contributed by atoms with Crippen molar-refractivity contribution in [2.24, 2.45) is 0 Å². The van der Waals surface area contributed by atoms with E-state index in [1.807, 2.05) is 0 Å². The number of nitrogen functional groups attached to an aromatic ring is 1. The number of aliphatic hydroxyl groups excluding tert-OH is 3. The Bertz CT molecular complexity index is 953. The molecule has 1 aliphatic rings. The molecule has 3 heterocycles. The third-order valence-corrected chi connectivity index (χ3v) is 4.07. The van der Waals surface area contributed by atoms with Gasteiger partial charge in [0, 0.05) is 6.42 Å². The number of aromatic nitrogens is 4. The second-order valence-corrected chi connectivity index (χ2v) is 5.68. The number of aliphatic hydroxyl groups is 3. The molecule has 11 nitrogen and oxygen atoms in total. The van der Waals surface area contributed by atoms with E-state index in [0.29, 0.717) is 0 Å². The summed E-state index contributed by atoms with van der Waals surface area (Å²) in [6.45, 7) is -0.759. The Morgan fingerprint density at radius 1 is 1.52 bits per heavy atom. The Morgan fingerprint density at radius 2 is 2.24 bits per heavy atom. The van der Waals surface area contributed by atoms with Crippen LogP contribution in [0.25, 0.3) is 11.2 Å². The van der Waals surface area contributed by atoms with Crippen LogP contribution in [0.1, 0.15) is 12.6 Å². The lowest BCUT2D eigenvalue weighted by molar-refractivity contribution is -0.0862. The maximum atomic E-state index is 12.7. The number of hydrogen-bond acceptors (Lipinski definition) is 8. The van der Waals surface area contributed by atoms with Crippen molar-refractivity contribution in [3.8, 4) is 12.3 Å². The van der Waals surface area contributed by atoms with E-state index in [1.54, 1.807) is 0 Å². The SMILES string of the molecule is C#CCn1c(=O)n([C@@H]2O[C@H](C(O)CO)C[C@H]2O)c2nc(N)[nH]c(=O)c21. The predicted molar refractivity (Wildman–Crippen MR) is 85.5 cm³/mol. The Morgan fingerprint density at radius 3 is 2.88 bits per heavy atom. The Balaban J connectivity index is 2.20. The molecule has 0 amide bonds. The third-order valence-electron chi connectivity index (χ3n) is 4.07. The van der Waals surface area contributed by atoms with Gasteiger partial charge < -0.3 is 25.8 Å². The predicted octanol–water partition coefficient (Wildman–Crippen LogP) is -2.90. The van der Waals surface area contributed by atoms with Gasteiger partial charge in [-0.15, -0.1) is 6.42 Å². The number of aromatic amines is 1. The van der Waals surface area contributed by atoms with Crippen molar-refractivity contribution in [2.45, 2.75) is 37.5 Å². The number of nitrogens with one attached hydrogen (secondary N) is 1. The molecule has 1 fully saturated rings. The van der Waals surface area contributed by atoms with Gasteiger partial charge in [-0.2, -0.15) is 4.98 Å². The molecule has 6 N–H and O–H groups in total. The van der Waals surface area contributed by atoms with Gasteiger partial charge in [0.1, 0.15) is 12.2 Å². The number of ether oxygens (including phenoxy) is 1. The number of nitrogens with two attached hydrogens (primary N) is 1. The zero-order chi connectivity index (χ0) is 18.3. The molecule has 1 aliphatic heterocycles. The van der Waals surface area contributed by atoms with Crippen molar-refractivity contribution in [3.63, 3.8) is 0 Å². The lowest BCUT2D eigenvalue weighted by Crippen LogP contribution is -2.33. The average Bonchev–Trinajstić information content (AvgIpc) is 3.05. The lowest BCUT2D eigenvalue weighted by atomic mass is 10.1. The Kier molecular flexibility index (Phi) is 4.36. The number of imidazole rings is 1. The number of anilines is 1. The van der Waals surface area contributed by atoms with Gasteiger partial charge in [0.2, 0.25) is 5.95 Å². The molecule has 25 heavy (non-hydrogen) atoms. The maximum absolute atomic E-state index is 12.7. The van der Waals surface area contributed by atoms with E-state index in [-0.39, 0.29) is 30.1 Å². The van der Waals surface area contributed by atoms with Gasteiger partial charge in [-0.3, -0.25) is 14.3 Å². The van der Waals surface area contributed by atoms with Crippen LogP contribution in [0.4, 0.5) is 5.95 Å². The third kappa shape index (κ3) is 2.71. The highest BCUT2D eigenvalue weighted by atomic mass is 16.5. The monoisotopic (exact) mass is 351 g/mol. The number of rotatable bonds is 4. The zero-order valence-electron chi connectivity index (χ0n) is 13.0. The van der Waals surface area contributed by atoms with Crippen LogP contribution >= 0.6 is 0 Å². The molecule has 0 radical (unpaired) electrons. The van der Waals surface area contributed by atoms with E-state index < -0.39 is 42.4 Å². The summed E-state index contributed by atoms with van der Waals surface area (Å²) in [6.07, 6.45) is 0.741. The number of H-pyrrole nitrogens is 1. The molecule has 0 spiro atoms. The van der Waals surface area contributed by atoms with Gasteiger partial charge >= 0.3 is 5.69 Å². The van der Waals surface area contributed by atoms with Crippen LogP contribution < -0.4 is 17.0 Å². The highest BCUT2D eigenvalue weighted by Gasteiger charge is 2.41. The summed E-state index contributed by atoms with van der Waals surface area (Å²) in [7, 11) is 0. The van der Waals surface area contributed by atoms with E-state index >= 15 is 0 Å². The molecule has 4 atom stereocenters. The standard InChI is InChI=1S/C14H17N5O6/c1-2-3-18-9-10(16-13(15)17-11(9)23)19(14(18)24)12-6(21)4-8(25-12)7(22)5-20/h1,6-8,12,20-22H,3-5H2,(H3,15,16,17,23)/t6-,7?,8+,12-/m1/s1. The summed E-state index contributed by atoms with van der Waals surface area (Å²) in [5.74, 6) is 2.05. The van der Waals surface area contributed by atoms with Crippen molar-refractivity contribution >= 4 is 17.1 Å². The first-order chi connectivity index (χ1) is 11.9. The minimum absolute atomic E-state index is 0.0146. The van der Waals surface area contributed by atoms with Gasteiger partial charge in [0.15, 0.2) is 17.4 Å². The van der Waals surface area contributed by atoms with Crippen molar-refractivity contribution in [2.75, 3.05) is 12.3 Å². The van der Waals surface area contributed by atoms with E-state index in [0.717, 1.165) is 9.13 Å². The van der Waals surface area contributed by atoms with Crippen LogP contribution in [-0.4, -0.2) is 59.3 Å². The Hall–Kier alpha value is -2.65. The minimum Gasteiger partial charge on any atom is -0.394 e. The summed E-state index contributed by atoms with van der Waals surface area (Å²) < 4.78 is 7.52. The molecule has 0 saturated carbocycles. The average molecular weight is 351 g/mol. The smallest absolute Gasteiger partial charge is 0.333 e. The summed E-state index contributed by atoms with van der Waals surface area (Å²) in [5, 5.41) is 29.0. The first-order valence-electron chi connectivity index (χ1n) is 7.45. The van der Waals surface area contributed by atoms with Crippen LogP contribution in [0.3, 0.4) is 0 Å². The van der Waals surface area contributed by atoms with Crippen LogP contribution in [0.15, 0.2) is 9.59 Å². The van der Waals surface area contributed by atoms with Crippen LogP contribution in [-0.2, 0) is 11.3 Å². The quantitative estimate of drug-likeness (QED) is 0.365. The Labute approximate surface area is 140 Å². The van der Waals surface area contributed by atoms with E-state index in [4.69, 9.17) is 22.0 Å². The molecular formula is C14H17N5O6. The fourth-order valence-corrected chi connectivity index (χ4v) is 2.94. The molecule has 2 aromatic rings. The molecule has 1 unspecified atom stereocenters. The molecule has 2 aromatic heterocycles. The maximum Gasteiger partial charge on any atom is 0.333 e. The van der Waals surface area contributed by atoms with E-state index in [2.05, 4.69) is 15.9 Å². The molecule has 11 heteroatoms. The fourth-order valence-electron chi connectivity index (χ4n) is 2.94. The van der Waals surface area contributed by atoms with Crippen LogP contribution in [0, 0.1) is 12.3 Å². The largest absolute Gasteiger partial charge is 0.394 e. The first-order valence-corrected chi connectivity index (χ1v) is 7.45. The van der Waals surface area contributed by atoms with Gasteiger partial charge in [0.05, 0.1) is 19.3 Å². The molecule has 0 aromatic carbocycles. The topological polar surface area (TPSA) is 169 Å². The van der Waals surface area contributed by atoms with Gasteiger partial charge in [-0.25, -0.2) is 9.36 Å². The summed E-state index contributed by atoms with van der Waals surface area (Å²) in [4.78, 5) is 31.1. The van der Waals surface area contributed by atoms with Crippen LogP contribution in [0.5, 0.6) is 0 Å². The number of terminal acetylenes is 1. The molecule has 0 aliphatic carbocycles. The van der Waals surface area contributed by atoms with Crippen molar-refractivity contribution in [1.29, 1.82) is 0 Å². The van der Waals surface area contributed by atoms with Crippen LogP contribution in [0.2, 0.25) is 0 Å². The number of hydrogen-bond donors (Lipinski definition) is 5. The molecule has 134 valence electrons. The zero-order valence-corrected chi connectivity index (χ0v) is 13.0. The highest BCUT2D eigenvalue weighted by Crippen LogP contribution is 2.31. The molecule has 1 saturated heterocycles. The van der Waals surface area contributed by atoms with Crippen molar-refractivity contribution in [3.05, 3.63) is 20.8 Å². The van der Waals surface area contributed by atoms with Crippen molar-refractivity contribution in [1.82, 2.24) is 19.1 Å². The van der Waals surface area contributed by atoms with Crippen molar-refractivity contribution < 1.29 is 20.1 Å². The van der Waals surface area contributed by atoms with E-state index in [9.17, 15) is 19.8 Å². The number of fused-ring (bicyclic) bond motifs is 1. The molecule has 3 rings (SSSR count). The fraction of sp³-hybridized carbons (Fsp3) is 0.500. The lowest BCUT2D eigenvalue weighted by Gasteiger charge is -2.18. The number of nitrogens with zero attached hydrogens (tertiary/aromatic N) is 3. The molecule has 0 bridgehead atoms. The molecular weight excluding hydrogens is 334 g/mol. The summed E-state index contributed by atoms with van der Waals surface area (Å²) in [6, 6.07) is 0. The van der Waals surface area contributed by atoms with Gasteiger partial charge in [-0.1, -0.05) is 5.92 Å².